The molecule has 6 heteroatoms. The van der Waals surface area contributed by atoms with E-state index in [2.05, 4.69) is 36.7 Å². The summed E-state index contributed by atoms with van der Waals surface area (Å²) in [6.45, 7) is 7.20. The van der Waals surface area contributed by atoms with E-state index in [9.17, 15) is 9.59 Å². The molecule has 2 aromatic rings. The first-order valence-electron chi connectivity index (χ1n) is 11.1. The fourth-order valence-corrected chi connectivity index (χ4v) is 2.93. The van der Waals surface area contributed by atoms with Crippen LogP contribution in [0.15, 0.2) is 48.5 Å². The number of anilines is 3. The van der Waals surface area contributed by atoms with E-state index in [1.54, 1.807) is 0 Å². The zero-order chi connectivity index (χ0) is 22.5. The molecule has 2 rings (SSSR count). The minimum Gasteiger partial charge on any atom is -0.494 e. The van der Waals surface area contributed by atoms with Gasteiger partial charge in [-0.15, -0.1) is 0 Å². The second kappa shape index (κ2) is 13.3. The van der Waals surface area contributed by atoms with Crippen molar-refractivity contribution in [3.63, 3.8) is 0 Å². The Labute approximate surface area is 185 Å². The minimum absolute atomic E-state index is 0.0128. The van der Waals surface area contributed by atoms with Crippen LogP contribution < -0.4 is 20.7 Å². The molecule has 2 amide bonds. The van der Waals surface area contributed by atoms with E-state index in [-0.39, 0.29) is 18.4 Å². The Morgan fingerprint density at radius 2 is 1.58 bits per heavy atom. The molecule has 0 fully saturated rings. The summed E-state index contributed by atoms with van der Waals surface area (Å²) in [5.74, 6) is 1.18. The number of unbranched alkanes of at least 4 members (excludes halogenated alkanes) is 2. The molecule has 0 saturated heterocycles. The largest absolute Gasteiger partial charge is 0.494 e. The average Bonchev–Trinajstić information content (AvgIpc) is 2.73. The SMILES string of the molecule is CCCCCC(=O)Nc1cccc(NCC(=O)Nc2cccc(OCCC(C)C)c2)c1. The van der Waals surface area contributed by atoms with Crippen molar-refractivity contribution in [2.75, 3.05) is 29.1 Å². The van der Waals surface area contributed by atoms with Crippen LogP contribution in [0.3, 0.4) is 0 Å². The first-order valence-corrected chi connectivity index (χ1v) is 11.1. The van der Waals surface area contributed by atoms with Crippen LogP contribution in [0.5, 0.6) is 5.75 Å². The van der Waals surface area contributed by atoms with Gasteiger partial charge in [-0.25, -0.2) is 0 Å². The number of carbonyl (C=O) groups excluding carboxylic acids is 2. The van der Waals surface area contributed by atoms with Crippen molar-refractivity contribution in [3.05, 3.63) is 48.5 Å². The zero-order valence-corrected chi connectivity index (χ0v) is 18.9. The van der Waals surface area contributed by atoms with Gasteiger partial charge in [0.2, 0.25) is 11.8 Å². The van der Waals surface area contributed by atoms with Gasteiger partial charge in [0.1, 0.15) is 5.75 Å². The number of hydrogen-bond donors (Lipinski definition) is 3. The van der Waals surface area contributed by atoms with Crippen LogP contribution >= 0.6 is 0 Å². The number of ether oxygens (including phenoxy) is 1. The Bertz CT molecular complexity index is 836. The molecule has 3 N–H and O–H groups in total. The molecule has 0 aliphatic heterocycles. The van der Waals surface area contributed by atoms with Gasteiger partial charge in [0.15, 0.2) is 0 Å². The Balaban J connectivity index is 1.80. The lowest BCUT2D eigenvalue weighted by atomic mass is 10.1. The van der Waals surface area contributed by atoms with Crippen LogP contribution in [0, 0.1) is 5.92 Å². The molecule has 0 atom stereocenters. The highest BCUT2D eigenvalue weighted by Crippen LogP contribution is 2.19. The predicted octanol–water partition coefficient (Wildman–Crippen LogP) is 5.68. The second-order valence-corrected chi connectivity index (χ2v) is 8.05. The summed E-state index contributed by atoms with van der Waals surface area (Å²) in [4.78, 5) is 24.3. The van der Waals surface area contributed by atoms with Crippen molar-refractivity contribution in [1.29, 1.82) is 0 Å². The number of rotatable bonds is 13. The van der Waals surface area contributed by atoms with Crippen molar-refractivity contribution in [1.82, 2.24) is 0 Å². The van der Waals surface area contributed by atoms with Crippen molar-refractivity contribution >= 4 is 28.9 Å². The summed E-state index contributed by atoms with van der Waals surface area (Å²) in [6, 6.07) is 14.8. The summed E-state index contributed by atoms with van der Waals surface area (Å²) in [5.41, 5.74) is 2.19. The van der Waals surface area contributed by atoms with Gasteiger partial charge in [-0.3, -0.25) is 9.59 Å². The van der Waals surface area contributed by atoms with Crippen LogP contribution in [0.2, 0.25) is 0 Å². The number of carbonyl (C=O) groups is 2. The van der Waals surface area contributed by atoms with Gasteiger partial charge >= 0.3 is 0 Å². The number of benzene rings is 2. The molecule has 0 aliphatic carbocycles. The molecule has 0 aliphatic rings. The lowest BCUT2D eigenvalue weighted by molar-refractivity contribution is -0.116. The molecule has 0 aromatic heterocycles. The van der Waals surface area contributed by atoms with Crippen LogP contribution in [0.4, 0.5) is 17.1 Å². The maximum Gasteiger partial charge on any atom is 0.243 e. The summed E-state index contributed by atoms with van der Waals surface area (Å²) in [7, 11) is 0. The predicted molar refractivity (Wildman–Crippen MR) is 128 cm³/mol. The standard InChI is InChI=1S/C25H35N3O3/c1-4-5-6-13-24(29)27-21-10-7-9-20(16-21)26-18-25(30)28-22-11-8-12-23(17-22)31-15-14-19(2)3/h7-12,16-17,19,26H,4-6,13-15,18H2,1-3H3,(H,27,29)(H,28,30). The van der Waals surface area contributed by atoms with E-state index in [0.717, 1.165) is 42.8 Å². The summed E-state index contributed by atoms with van der Waals surface area (Å²) >= 11 is 0. The van der Waals surface area contributed by atoms with Crippen molar-refractivity contribution in [2.24, 2.45) is 5.92 Å². The van der Waals surface area contributed by atoms with Crippen LogP contribution in [0.1, 0.15) is 52.9 Å². The summed E-state index contributed by atoms with van der Waals surface area (Å²) in [5, 5.41) is 8.88. The lowest BCUT2D eigenvalue weighted by Gasteiger charge is -2.12. The fraction of sp³-hybridized carbons (Fsp3) is 0.440. The van der Waals surface area contributed by atoms with Crippen molar-refractivity contribution in [3.8, 4) is 5.75 Å². The van der Waals surface area contributed by atoms with Gasteiger partial charge in [0.05, 0.1) is 13.2 Å². The molecule has 0 radical (unpaired) electrons. The Morgan fingerprint density at radius 1 is 0.903 bits per heavy atom. The smallest absolute Gasteiger partial charge is 0.243 e. The highest BCUT2D eigenvalue weighted by atomic mass is 16.5. The minimum atomic E-state index is -0.159. The fourth-order valence-electron chi connectivity index (χ4n) is 2.93. The molecular formula is C25H35N3O3. The van der Waals surface area contributed by atoms with Crippen molar-refractivity contribution in [2.45, 2.75) is 52.9 Å². The summed E-state index contributed by atoms with van der Waals surface area (Å²) < 4.78 is 5.74. The van der Waals surface area contributed by atoms with Crippen LogP contribution in [-0.4, -0.2) is 25.0 Å². The van der Waals surface area contributed by atoms with E-state index in [1.165, 1.54) is 0 Å². The third kappa shape index (κ3) is 10.0. The molecule has 0 spiro atoms. The van der Waals surface area contributed by atoms with E-state index < -0.39 is 0 Å². The highest BCUT2D eigenvalue weighted by Gasteiger charge is 2.06. The van der Waals surface area contributed by atoms with Gasteiger partial charge in [-0.1, -0.05) is 45.7 Å². The van der Waals surface area contributed by atoms with Crippen molar-refractivity contribution < 1.29 is 14.3 Å². The molecule has 6 nitrogen and oxygen atoms in total. The van der Waals surface area contributed by atoms with E-state index >= 15 is 0 Å². The highest BCUT2D eigenvalue weighted by molar-refractivity contribution is 5.94. The molecule has 0 saturated carbocycles. The Hall–Kier alpha value is -3.02. The summed E-state index contributed by atoms with van der Waals surface area (Å²) in [6.07, 6.45) is 4.54. The average molecular weight is 426 g/mol. The monoisotopic (exact) mass is 425 g/mol. The van der Waals surface area contributed by atoms with Crippen LogP contribution in [0.25, 0.3) is 0 Å². The third-order valence-electron chi connectivity index (χ3n) is 4.69. The first-order chi connectivity index (χ1) is 15.0. The number of amides is 2. The maximum atomic E-state index is 12.3. The van der Waals surface area contributed by atoms with Gasteiger partial charge in [0, 0.05) is 29.5 Å². The van der Waals surface area contributed by atoms with E-state index in [1.807, 2.05) is 48.5 Å². The first kappa shape index (κ1) is 24.3. The Kier molecular flexibility index (Phi) is 10.4. The van der Waals surface area contributed by atoms with Gasteiger partial charge in [0.25, 0.3) is 0 Å². The van der Waals surface area contributed by atoms with Gasteiger partial charge < -0.3 is 20.7 Å². The molecule has 0 heterocycles. The Morgan fingerprint density at radius 3 is 2.32 bits per heavy atom. The zero-order valence-electron chi connectivity index (χ0n) is 18.9. The second-order valence-electron chi connectivity index (χ2n) is 8.05. The quantitative estimate of drug-likeness (QED) is 0.361. The molecule has 2 aromatic carbocycles. The van der Waals surface area contributed by atoms with E-state index in [0.29, 0.717) is 24.6 Å². The molecule has 0 bridgehead atoms. The maximum absolute atomic E-state index is 12.3. The molecular weight excluding hydrogens is 390 g/mol. The van der Waals surface area contributed by atoms with E-state index in [4.69, 9.17) is 4.74 Å². The topological polar surface area (TPSA) is 79.5 Å². The molecule has 168 valence electrons. The lowest BCUT2D eigenvalue weighted by Crippen LogP contribution is -2.21. The number of nitrogens with one attached hydrogen (secondary N) is 3. The third-order valence-corrected chi connectivity index (χ3v) is 4.69. The molecule has 0 unspecified atom stereocenters. The van der Waals surface area contributed by atoms with Gasteiger partial charge in [-0.05, 0) is 49.1 Å². The van der Waals surface area contributed by atoms with Gasteiger partial charge in [-0.2, -0.15) is 0 Å². The van der Waals surface area contributed by atoms with Crippen LogP contribution in [-0.2, 0) is 9.59 Å². The number of hydrogen-bond acceptors (Lipinski definition) is 4. The molecule has 31 heavy (non-hydrogen) atoms. The normalized spacial score (nSPS) is 10.6.